The lowest BCUT2D eigenvalue weighted by Gasteiger charge is -2.22. The van der Waals surface area contributed by atoms with E-state index in [0.29, 0.717) is 11.3 Å². The van der Waals surface area contributed by atoms with Gasteiger partial charge in [0.2, 0.25) is 0 Å². The Morgan fingerprint density at radius 1 is 1.00 bits per heavy atom. The van der Waals surface area contributed by atoms with Gasteiger partial charge in [-0.3, -0.25) is 9.59 Å². The summed E-state index contributed by atoms with van der Waals surface area (Å²) >= 11 is 3.32. The highest BCUT2D eigenvalue weighted by Crippen LogP contribution is 2.18. The van der Waals surface area contributed by atoms with Crippen molar-refractivity contribution in [3.63, 3.8) is 0 Å². The van der Waals surface area contributed by atoms with Gasteiger partial charge in [0, 0.05) is 22.3 Å². The SMILES string of the molecule is O=C(O)CCN(C(=O)c1ccc(Br)cc1)c1ccccc1. The molecule has 0 spiro atoms. The molecule has 1 amide bonds. The van der Waals surface area contributed by atoms with Crippen LogP contribution in [0.5, 0.6) is 0 Å². The average Bonchev–Trinajstić information content (AvgIpc) is 2.49. The van der Waals surface area contributed by atoms with Gasteiger partial charge in [-0.1, -0.05) is 34.1 Å². The van der Waals surface area contributed by atoms with Crippen molar-refractivity contribution in [1.29, 1.82) is 0 Å². The van der Waals surface area contributed by atoms with Crippen molar-refractivity contribution in [3.8, 4) is 0 Å². The zero-order chi connectivity index (χ0) is 15.2. The van der Waals surface area contributed by atoms with E-state index in [0.717, 1.165) is 4.47 Å². The molecule has 0 heterocycles. The van der Waals surface area contributed by atoms with Crippen molar-refractivity contribution < 1.29 is 14.7 Å². The van der Waals surface area contributed by atoms with E-state index in [9.17, 15) is 9.59 Å². The Balaban J connectivity index is 2.28. The van der Waals surface area contributed by atoms with E-state index in [-0.39, 0.29) is 18.9 Å². The highest BCUT2D eigenvalue weighted by atomic mass is 79.9. The highest BCUT2D eigenvalue weighted by Gasteiger charge is 2.18. The van der Waals surface area contributed by atoms with Gasteiger partial charge in [-0.15, -0.1) is 0 Å². The van der Waals surface area contributed by atoms with Crippen molar-refractivity contribution in [2.24, 2.45) is 0 Å². The summed E-state index contributed by atoms with van der Waals surface area (Å²) in [6.45, 7) is 0.133. The Kier molecular flexibility index (Phi) is 5.11. The molecule has 0 aliphatic carbocycles. The van der Waals surface area contributed by atoms with Gasteiger partial charge in [-0.05, 0) is 36.4 Å². The summed E-state index contributed by atoms with van der Waals surface area (Å²) in [6.07, 6.45) is -0.100. The minimum absolute atomic E-state index is 0.100. The molecule has 0 aromatic heterocycles. The monoisotopic (exact) mass is 347 g/mol. The summed E-state index contributed by atoms with van der Waals surface area (Å²) in [4.78, 5) is 24.9. The fraction of sp³-hybridized carbons (Fsp3) is 0.125. The molecule has 0 aliphatic rings. The molecule has 108 valence electrons. The third-order valence-electron chi connectivity index (χ3n) is 2.95. The first-order valence-corrected chi connectivity index (χ1v) is 7.21. The number of hydrogen-bond acceptors (Lipinski definition) is 2. The number of benzene rings is 2. The number of aliphatic carboxylic acids is 1. The quantitative estimate of drug-likeness (QED) is 0.899. The summed E-state index contributed by atoms with van der Waals surface area (Å²) in [6, 6.07) is 16.1. The Bertz CT molecular complexity index is 626. The summed E-state index contributed by atoms with van der Waals surface area (Å²) in [5, 5.41) is 8.85. The molecule has 2 aromatic carbocycles. The van der Waals surface area contributed by atoms with Crippen LogP contribution in [0.3, 0.4) is 0 Å². The van der Waals surface area contributed by atoms with Crippen LogP contribution in [-0.2, 0) is 4.79 Å². The molecule has 0 saturated heterocycles. The minimum Gasteiger partial charge on any atom is -0.481 e. The lowest BCUT2D eigenvalue weighted by molar-refractivity contribution is -0.136. The minimum atomic E-state index is -0.931. The number of carbonyl (C=O) groups excluding carboxylic acids is 1. The number of rotatable bonds is 5. The average molecular weight is 348 g/mol. The second-order valence-corrected chi connectivity index (χ2v) is 5.36. The fourth-order valence-corrected chi connectivity index (χ4v) is 2.18. The Labute approximate surface area is 131 Å². The predicted molar refractivity (Wildman–Crippen MR) is 84.5 cm³/mol. The first-order chi connectivity index (χ1) is 10.1. The topological polar surface area (TPSA) is 57.6 Å². The Hall–Kier alpha value is -2.14. The molecule has 0 unspecified atom stereocenters. The van der Waals surface area contributed by atoms with E-state index in [1.165, 1.54) is 4.90 Å². The molecule has 1 N–H and O–H groups in total. The standard InChI is InChI=1S/C16H14BrNO3/c17-13-8-6-12(7-9-13)16(21)18(11-10-15(19)20)14-4-2-1-3-5-14/h1-9H,10-11H2,(H,19,20). The van der Waals surface area contributed by atoms with Gasteiger partial charge < -0.3 is 10.0 Å². The molecule has 0 fully saturated rings. The number of amides is 1. The van der Waals surface area contributed by atoms with Gasteiger partial charge in [-0.25, -0.2) is 0 Å². The predicted octanol–water partition coefficient (Wildman–Crippen LogP) is 3.57. The molecule has 2 aromatic rings. The van der Waals surface area contributed by atoms with Crippen LogP contribution in [0.1, 0.15) is 16.8 Å². The van der Waals surface area contributed by atoms with Crippen LogP contribution in [0.25, 0.3) is 0 Å². The fourth-order valence-electron chi connectivity index (χ4n) is 1.91. The maximum atomic E-state index is 12.6. The normalized spacial score (nSPS) is 10.1. The van der Waals surface area contributed by atoms with Gasteiger partial charge in [0.15, 0.2) is 0 Å². The van der Waals surface area contributed by atoms with Crippen molar-refractivity contribution in [2.75, 3.05) is 11.4 Å². The summed E-state index contributed by atoms with van der Waals surface area (Å²) < 4.78 is 0.885. The van der Waals surface area contributed by atoms with Gasteiger partial charge in [0.05, 0.1) is 6.42 Å². The number of carboxylic acid groups (broad SMARTS) is 1. The summed E-state index contributed by atoms with van der Waals surface area (Å²) in [5.41, 5.74) is 1.21. The molecule has 4 nitrogen and oxygen atoms in total. The van der Waals surface area contributed by atoms with Crippen LogP contribution in [-0.4, -0.2) is 23.5 Å². The van der Waals surface area contributed by atoms with Crippen LogP contribution in [0.4, 0.5) is 5.69 Å². The molecule has 0 bridgehead atoms. The van der Waals surface area contributed by atoms with Crippen LogP contribution < -0.4 is 4.90 Å². The van der Waals surface area contributed by atoms with Crippen molar-refractivity contribution >= 4 is 33.5 Å². The number of carbonyl (C=O) groups is 2. The molecule has 0 aliphatic heterocycles. The van der Waals surface area contributed by atoms with E-state index in [1.807, 2.05) is 18.2 Å². The molecule has 0 saturated carbocycles. The van der Waals surface area contributed by atoms with E-state index in [4.69, 9.17) is 5.11 Å². The van der Waals surface area contributed by atoms with Crippen molar-refractivity contribution in [2.45, 2.75) is 6.42 Å². The van der Waals surface area contributed by atoms with Crippen LogP contribution in [0.2, 0.25) is 0 Å². The second-order valence-electron chi connectivity index (χ2n) is 4.44. The molecular weight excluding hydrogens is 334 g/mol. The Morgan fingerprint density at radius 2 is 1.62 bits per heavy atom. The molecule has 21 heavy (non-hydrogen) atoms. The second kappa shape index (κ2) is 7.04. The van der Waals surface area contributed by atoms with Crippen LogP contribution >= 0.6 is 15.9 Å². The largest absolute Gasteiger partial charge is 0.481 e. The maximum Gasteiger partial charge on any atom is 0.305 e. The van der Waals surface area contributed by atoms with Gasteiger partial charge in [0.25, 0.3) is 5.91 Å². The number of nitrogens with zero attached hydrogens (tertiary/aromatic N) is 1. The summed E-state index contributed by atoms with van der Waals surface area (Å²) in [7, 11) is 0. The number of hydrogen-bond donors (Lipinski definition) is 1. The Morgan fingerprint density at radius 3 is 2.19 bits per heavy atom. The van der Waals surface area contributed by atoms with Gasteiger partial charge in [0.1, 0.15) is 0 Å². The first kappa shape index (κ1) is 15.3. The first-order valence-electron chi connectivity index (χ1n) is 6.42. The molecule has 0 atom stereocenters. The zero-order valence-electron chi connectivity index (χ0n) is 11.2. The summed E-state index contributed by atoms with van der Waals surface area (Å²) in [5.74, 6) is -1.14. The number of anilines is 1. The molecule has 2 rings (SSSR count). The van der Waals surface area contributed by atoms with E-state index in [1.54, 1.807) is 36.4 Å². The number of halogens is 1. The number of carboxylic acids is 1. The van der Waals surface area contributed by atoms with Crippen LogP contribution in [0.15, 0.2) is 59.1 Å². The van der Waals surface area contributed by atoms with E-state index in [2.05, 4.69) is 15.9 Å². The smallest absolute Gasteiger partial charge is 0.305 e. The molecular formula is C16H14BrNO3. The highest BCUT2D eigenvalue weighted by molar-refractivity contribution is 9.10. The molecule has 0 radical (unpaired) electrons. The van der Waals surface area contributed by atoms with Crippen molar-refractivity contribution in [3.05, 3.63) is 64.6 Å². The van der Waals surface area contributed by atoms with Gasteiger partial charge >= 0.3 is 5.97 Å². The maximum absolute atomic E-state index is 12.6. The van der Waals surface area contributed by atoms with E-state index < -0.39 is 5.97 Å². The lowest BCUT2D eigenvalue weighted by atomic mass is 10.1. The van der Waals surface area contributed by atoms with Crippen LogP contribution in [0, 0.1) is 0 Å². The third kappa shape index (κ3) is 4.16. The van der Waals surface area contributed by atoms with E-state index >= 15 is 0 Å². The van der Waals surface area contributed by atoms with Crippen molar-refractivity contribution in [1.82, 2.24) is 0 Å². The number of para-hydroxylation sites is 1. The lowest BCUT2D eigenvalue weighted by Crippen LogP contribution is -2.33. The molecule has 5 heteroatoms. The zero-order valence-corrected chi connectivity index (χ0v) is 12.8. The van der Waals surface area contributed by atoms with Gasteiger partial charge in [-0.2, -0.15) is 0 Å². The third-order valence-corrected chi connectivity index (χ3v) is 3.48.